The van der Waals surface area contributed by atoms with Crippen LogP contribution in [0.1, 0.15) is 30.6 Å². The van der Waals surface area contributed by atoms with Gasteiger partial charge in [0.15, 0.2) is 0 Å². The van der Waals surface area contributed by atoms with Gasteiger partial charge in [0.05, 0.1) is 5.02 Å². The van der Waals surface area contributed by atoms with E-state index in [0.29, 0.717) is 23.0 Å². The highest BCUT2D eigenvalue weighted by atomic mass is 35.5. The first kappa shape index (κ1) is 20.9. The van der Waals surface area contributed by atoms with Crippen molar-refractivity contribution in [2.45, 2.75) is 26.3 Å². The van der Waals surface area contributed by atoms with E-state index in [1.165, 1.54) is 0 Å². The van der Waals surface area contributed by atoms with Crippen molar-refractivity contribution >= 4 is 23.3 Å². The second kappa shape index (κ2) is 10.1. The molecule has 0 saturated carbocycles. The Morgan fingerprint density at radius 2 is 1.72 bits per heavy atom. The second-order valence-corrected chi connectivity index (χ2v) is 7.89. The molecule has 0 bridgehead atoms. The van der Waals surface area contributed by atoms with Gasteiger partial charge in [-0.1, -0.05) is 74.0 Å². The summed E-state index contributed by atoms with van der Waals surface area (Å²) in [4.78, 5) is 17.4. The largest absolute Gasteiger partial charge is 0.368 e. The SMILES string of the molecule is CC(C)CC(CNc1ccc(Cl)cn1)NC(=O)c1ccccc1-c1ccccc1. The highest BCUT2D eigenvalue weighted by Crippen LogP contribution is 2.23. The Morgan fingerprint density at radius 1 is 1.00 bits per heavy atom. The molecular weight excluding hydrogens is 382 g/mol. The molecule has 0 aliphatic carbocycles. The molecule has 1 amide bonds. The third-order valence-electron chi connectivity index (χ3n) is 4.60. The zero-order chi connectivity index (χ0) is 20.6. The molecule has 3 rings (SSSR count). The minimum Gasteiger partial charge on any atom is -0.368 e. The number of amides is 1. The van der Waals surface area contributed by atoms with E-state index >= 15 is 0 Å². The predicted octanol–water partition coefficient (Wildman–Crippen LogP) is 5.66. The fraction of sp³-hybridized carbons (Fsp3) is 0.250. The summed E-state index contributed by atoms with van der Waals surface area (Å²) < 4.78 is 0. The minimum absolute atomic E-state index is 0.0243. The maximum absolute atomic E-state index is 13.1. The molecule has 5 heteroatoms. The van der Waals surface area contributed by atoms with Crippen molar-refractivity contribution in [1.29, 1.82) is 0 Å². The van der Waals surface area contributed by atoms with Gasteiger partial charge in [-0.3, -0.25) is 4.79 Å². The summed E-state index contributed by atoms with van der Waals surface area (Å²) in [6, 6.07) is 21.3. The number of pyridine rings is 1. The van der Waals surface area contributed by atoms with Crippen molar-refractivity contribution in [1.82, 2.24) is 10.3 Å². The van der Waals surface area contributed by atoms with Crippen LogP contribution in [-0.4, -0.2) is 23.5 Å². The fourth-order valence-corrected chi connectivity index (χ4v) is 3.40. The lowest BCUT2D eigenvalue weighted by molar-refractivity contribution is 0.0935. The number of nitrogens with one attached hydrogen (secondary N) is 2. The van der Waals surface area contributed by atoms with E-state index in [1.54, 1.807) is 12.3 Å². The molecule has 2 aromatic carbocycles. The molecule has 3 aromatic rings. The van der Waals surface area contributed by atoms with Gasteiger partial charge in [0.1, 0.15) is 5.82 Å². The van der Waals surface area contributed by atoms with Crippen LogP contribution in [0.2, 0.25) is 5.02 Å². The molecule has 1 heterocycles. The number of rotatable bonds is 8. The Bertz CT molecular complexity index is 926. The lowest BCUT2D eigenvalue weighted by Gasteiger charge is -2.22. The van der Waals surface area contributed by atoms with Gasteiger partial charge in [-0.25, -0.2) is 4.98 Å². The van der Waals surface area contributed by atoms with Crippen LogP contribution in [0.3, 0.4) is 0 Å². The van der Waals surface area contributed by atoms with Crippen LogP contribution in [0.5, 0.6) is 0 Å². The highest BCUT2D eigenvalue weighted by Gasteiger charge is 2.18. The number of hydrogen-bond donors (Lipinski definition) is 2. The monoisotopic (exact) mass is 407 g/mol. The van der Waals surface area contributed by atoms with Gasteiger partial charge >= 0.3 is 0 Å². The zero-order valence-electron chi connectivity index (χ0n) is 16.7. The van der Waals surface area contributed by atoms with Crippen LogP contribution < -0.4 is 10.6 Å². The van der Waals surface area contributed by atoms with Crippen LogP contribution >= 0.6 is 11.6 Å². The first-order valence-electron chi connectivity index (χ1n) is 9.83. The summed E-state index contributed by atoms with van der Waals surface area (Å²) in [6.45, 7) is 4.89. The Hall–Kier alpha value is -2.85. The maximum Gasteiger partial charge on any atom is 0.252 e. The molecule has 150 valence electrons. The van der Waals surface area contributed by atoms with Crippen molar-refractivity contribution in [3.63, 3.8) is 0 Å². The average molecular weight is 408 g/mol. The van der Waals surface area contributed by atoms with Crippen LogP contribution in [0.15, 0.2) is 72.9 Å². The first-order chi connectivity index (χ1) is 14.0. The number of anilines is 1. The first-order valence-corrected chi connectivity index (χ1v) is 10.2. The van der Waals surface area contributed by atoms with Crippen molar-refractivity contribution in [2.75, 3.05) is 11.9 Å². The number of hydrogen-bond acceptors (Lipinski definition) is 3. The number of aromatic nitrogens is 1. The molecule has 0 aliphatic heterocycles. The summed E-state index contributed by atoms with van der Waals surface area (Å²) >= 11 is 5.90. The standard InChI is InChI=1S/C24H26ClN3O/c1-17(2)14-20(16-27-23-13-12-19(25)15-26-23)28-24(29)22-11-7-6-10-21(22)18-8-4-3-5-9-18/h3-13,15,17,20H,14,16H2,1-2H3,(H,26,27)(H,28,29). The maximum atomic E-state index is 13.1. The van der Waals surface area contributed by atoms with Gasteiger partial charge < -0.3 is 10.6 Å². The fourth-order valence-electron chi connectivity index (χ4n) is 3.28. The van der Waals surface area contributed by atoms with E-state index < -0.39 is 0 Å². The topological polar surface area (TPSA) is 54.0 Å². The molecule has 29 heavy (non-hydrogen) atoms. The van der Waals surface area contributed by atoms with Gasteiger partial charge in [0.25, 0.3) is 5.91 Å². The van der Waals surface area contributed by atoms with Crippen molar-refractivity contribution < 1.29 is 4.79 Å². The number of carbonyl (C=O) groups excluding carboxylic acids is 1. The van der Waals surface area contributed by atoms with Crippen molar-refractivity contribution in [2.24, 2.45) is 5.92 Å². The Balaban J connectivity index is 1.74. The van der Waals surface area contributed by atoms with E-state index in [2.05, 4.69) is 29.5 Å². The molecule has 0 fully saturated rings. The van der Waals surface area contributed by atoms with Crippen LogP contribution in [-0.2, 0) is 0 Å². The summed E-state index contributed by atoms with van der Waals surface area (Å²) in [5, 5.41) is 7.09. The van der Waals surface area contributed by atoms with Crippen molar-refractivity contribution in [3.8, 4) is 11.1 Å². The zero-order valence-corrected chi connectivity index (χ0v) is 17.5. The van der Waals surface area contributed by atoms with Crippen LogP contribution in [0, 0.1) is 5.92 Å². The van der Waals surface area contributed by atoms with E-state index in [4.69, 9.17) is 11.6 Å². The number of benzene rings is 2. The number of nitrogens with zero attached hydrogens (tertiary/aromatic N) is 1. The average Bonchev–Trinajstić information content (AvgIpc) is 2.73. The van der Waals surface area contributed by atoms with Gasteiger partial charge in [-0.2, -0.15) is 0 Å². The number of halogens is 1. The smallest absolute Gasteiger partial charge is 0.252 e. The summed E-state index contributed by atoms with van der Waals surface area (Å²) in [7, 11) is 0. The van der Waals surface area contributed by atoms with Gasteiger partial charge in [0, 0.05) is 24.3 Å². The summed E-state index contributed by atoms with van der Waals surface area (Å²) in [6.07, 6.45) is 2.47. The minimum atomic E-state index is -0.0685. The third-order valence-corrected chi connectivity index (χ3v) is 4.83. The Labute approximate surface area is 177 Å². The lowest BCUT2D eigenvalue weighted by atomic mass is 9.98. The molecule has 2 N–H and O–H groups in total. The lowest BCUT2D eigenvalue weighted by Crippen LogP contribution is -2.40. The Morgan fingerprint density at radius 3 is 2.41 bits per heavy atom. The molecule has 0 saturated heterocycles. The Kier molecular flexibility index (Phi) is 7.25. The van der Waals surface area contributed by atoms with Crippen molar-refractivity contribution in [3.05, 3.63) is 83.5 Å². The van der Waals surface area contributed by atoms with Gasteiger partial charge in [-0.05, 0) is 41.7 Å². The molecule has 0 spiro atoms. The summed E-state index contributed by atoms with van der Waals surface area (Å²) in [5.74, 6) is 1.12. The quantitative estimate of drug-likeness (QED) is 0.506. The highest BCUT2D eigenvalue weighted by molar-refractivity contribution is 6.30. The van der Waals surface area contributed by atoms with E-state index in [9.17, 15) is 4.79 Å². The molecule has 1 unspecified atom stereocenters. The second-order valence-electron chi connectivity index (χ2n) is 7.45. The van der Waals surface area contributed by atoms with Gasteiger partial charge in [-0.15, -0.1) is 0 Å². The molecule has 0 aliphatic rings. The van der Waals surface area contributed by atoms with Gasteiger partial charge in [0.2, 0.25) is 0 Å². The van der Waals surface area contributed by atoms with E-state index in [-0.39, 0.29) is 11.9 Å². The molecule has 4 nitrogen and oxygen atoms in total. The van der Waals surface area contributed by atoms with Crippen LogP contribution in [0.25, 0.3) is 11.1 Å². The molecule has 1 atom stereocenters. The molecular formula is C24H26ClN3O. The van der Waals surface area contributed by atoms with E-state index in [0.717, 1.165) is 23.4 Å². The predicted molar refractivity (Wildman–Crippen MR) is 120 cm³/mol. The number of carbonyl (C=O) groups is 1. The van der Waals surface area contributed by atoms with Crippen LogP contribution in [0.4, 0.5) is 5.82 Å². The summed E-state index contributed by atoms with van der Waals surface area (Å²) in [5.41, 5.74) is 2.64. The molecule has 1 aromatic heterocycles. The third kappa shape index (κ3) is 6.06. The molecule has 0 radical (unpaired) electrons. The van der Waals surface area contributed by atoms with E-state index in [1.807, 2.05) is 60.7 Å². The normalized spacial score (nSPS) is 11.9.